The normalized spacial score (nSPS) is 10.4. The summed E-state index contributed by atoms with van der Waals surface area (Å²) in [6.45, 7) is 0. The van der Waals surface area contributed by atoms with Gasteiger partial charge in [-0.2, -0.15) is 0 Å². The highest BCUT2D eigenvalue weighted by Gasteiger charge is 2.12. The van der Waals surface area contributed by atoms with E-state index in [0.717, 1.165) is 16.7 Å². The number of nitrogen functional groups attached to an aromatic ring is 1. The molecular formula is C21H20N4O3. The maximum atomic E-state index is 12.6. The number of hydrogen-bond acceptors (Lipinski definition) is 5. The number of aromatic nitrogens is 2. The minimum atomic E-state index is -0.842. The first kappa shape index (κ1) is 19.0. The van der Waals surface area contributed by atoms with Crippen molar-refractivity contribution in [2.75, 3.05) is 11.1 Å². The highest BCUT2D eigenvalue weighted by Crippen LogP contribution is 2.27. The predicted octanol–water partition coefficient (Wildman–Crippen LogP) is 3.39. The number of nitrogens with one attached hydrogen (secondary N) is 1. The lowest BCUT2D eigenvalue weighted by molar-refractivity contribution is -0.137. The van der Waals surface area contributed by atoms with Crippen molar-refractivity contribution in [3.63, 3.8) is 0 Å². The first-order valence-electron chi connectivity index (χ1n) is 8.82. The number of carboxylic acid groups (broad SMARTS) is 1. The van der Waals surface area contributed by atoms with Crippen LogP contribution in [0, 0.1) is 0 Å². The first-order valence-corrected chi connectivity index (χ1v) is 8.82. The van der Waals surface area contributed by atoms with E-state index in [2.05, 4.69) is 15.3 Å². The van der Waals surface area contributed by atoms with Gasteiger partial charge in [-0.3, -0.25) is 9.59 Å². The minimum absolute atomic E-state index is 0.0691. The van der Waals surface area contributed by atoms with Crippen LogP contribution in [0.25, 0.3) is 11.1 Å². The van der Waals surface area contributed by atoms with E-state index in [1.807, 2.05) is 48.5 Å². The minimum Gasteiger partial charge on any atom is -0.481 e. The van der Waals surface area contributed by atoms with Crippen molar-refractivity contribution in [2.24, 2.45) is 0 Å². The molecule has 3 rings (SSSR count). The van der Waals surface area contributed by atoms with E-state index in [9.17, 15) is 9.59 Å². The van der Waals surface area contributed by atoms with Gasteiger partial charge < -0.3 is 16.2 Å². The highest BCUT2D eigenvalue weighted by molar-refractivity contribution is 6.04. The van der Waals surface area contributed by atoms with E-state index in [0.29, 0.717) is 18.5 Å². The number of nitrogens with two attached hydrogens (primary N) is 1. The fourth-order valence-electron chi connectivity index (χ4n) is 2.80. The number of nitrogens with zero attached hydrogens (tertiary/aromatic N) is 2. The standard InChI is InChI=1S/C21H20N4O3/c22-21-23-12-17(13-24-21)20(28)25-18-11-16(14-5-2-1-3-6-14)10-9-15(18)7-4-8-19(26)27/h1-3,5-6,9-13H,4,7-8H2,(H,25,28)(H,26,27)(H2,22,23,24). The number of anilines is 2. The van der Waals surface area contributed by atoms with E-state index in [1.54, 1.807) is 0 Å². The number of hydrogen-bond donors (Lipinski definition) is 3. The molecule has 0 saturated heterocycles. The SMILES string of the molecule is Nc1ncc(C(=O)Nc2cc(-c3ccccc3)ccc2CCCC(=O)O)cn1. The van der Waals surface area contributed by atoms with Crippen LogP contribution in [-0.2, 0) is 11.2 Å². The van der Waals surface area contributed by atoms with Gasteiger partial charge in [0.1, 0.15) is 0 Å². The second kappa shape index (κ2) is 8.77. The van der Waals surface area contributed by atoms with E-state index in [-0.39, 0.29) is 23.8 Å². The Bertz CT molecular complexity index is 973. The molecule has 0 unspecified atom stereocenters. The summed E-state index contributed by atoms with van der Waals surface area (Å²) in [6.07, 6.45) is 3.81. The van der Waals surface area contributed by atoms with Crippen LogP contribution < -0.4 is 11.1 Å². The molecular weight excluding hydrogens is 356 g/mol. The van der Waals surface area contributed by atoms with E-state index in [4.69, 9.17) is 10.8 Å². The zero-order chi connectivity index (χ0) is 19.9. The summed E-state index contributed by atoms with van der Waals surface area (Å²) < 4.78 is 0. The van der Waals surface area contributed by atoms with Crippen LogP contribution in [-0.4, -0.2) is 27.0 Å². The highest BCUT2D eigenvalue weighted by atomic mass is 16.4. The lowest BCUT2D eigenvalue weighted by Crippen LogP contribution is -2.14. The van der Waals surface area contributed by atoms with Crippen molar-refractivity contribution >= 4 is 23.5 Å². The summed E-state index contributed by atoms with van der Waals surface area (Å²) in [6, 6.07) is 15.6. The van der Waals surface area contributed by atoms with Crippen molar-refractivity contribution < 1.29 is 14.7 Å². The third kappa shape index (κ3) is 4.91. The molecule has 0 fully saturated rings. The number of amides is 1. The summed E-state index contributed by atoms with van der Waals surface area (Å²) in [5, 5.41) is 11.8. The molecule has 7 nitrogen and oxygen atoms in total. The molecule has 0 bridgehead atoms. The molecule has 0 saturated carbocycles. The molecule has 0 spiro atoms. The molecule has 1 heterocycles. The quantitative estimate of drug-likeness (QED) is 0.582. The maximum Gasteiger partial charge on any atom is 0.303 e. The van der Waals surface area contributed by atoms with E-state index < -0.39 is 5.97 Å². The molecule has 0 radical (unpaired) electrons. The zero-order valence-electron chi connectivity index (χ0n) is 15.1. The van der Waals surface area contributed by atoms with Crippen molar-refractivity contribution in [3.8, 4) is 11.1 Å². The summed E-state index contributed by atoms with van der Waals surface area (Å²) >= 11 is 0. The molecule has 7 heteroatoms. The van der Waals surface area contributed by atoms with Crippen molar-refractivity contribution in [3.05, 3.63) is 72.1 Å². The number of carbonyl (C=O) groups is 2. The Hall–Kier alpha value is -3.74. The van der Waals surface area contributed by atoms with E-state index >= 15 is 0 Å². The summed E-state index contributed by atoms with van der Waals surface area (Å²) in [5.74, 6) is -1.10. The average Bonchev–Trinajstić information content (AvgIpc) is 2.70. The third-order valence-corrected chi connectivity index (χ3v) is 4.24. The van der Waals surface area contributed by atoms with Gasteiger partial charge in [0.05, 0.1) is 5.56 Å². The average molecular weight is 376 g/mol. The first-order chi connectivity index (χ1) is 13.5. The number of carboxylic acids is 1. The molecule has 3 aromatic rings. The Morgan fingerprint density at radius 1 is 1.00 bits per heavy atom. The smallest absolute Gasteiger partial charge is 0.303 e. The summed E-state index contributed by atoms with van der Waals surface area (Å²) in [7, 11) is 0. The molecule has 0 aliphatic rings. The van der Waals surface area contributed by atoms with Gasteiger partial charge in [-0.05, 0) is 35.6 Å². The van der Waals surface area contributed by atoms with Crippen LogP contribution in [0.5, 0.6) is 0 Å². The second-order valence-electron chi connectivity index (χ2n) is 6.27. The molecule has 1 amide bonds. The zero-order valence-corrected chi connectivity index (χ0v) is 15.1. The van der Waals surface area contributed by atoms with Gasteiger partial charge in [0.15, 0.2) is 0 Å². The van der Waals surface area contributed by atoms with Crippen LogP contribution in [0.2, 0.25) is 0 Å². The largest absolute Gasteiger partial charge is 0.481 e. The molecule has 28 heavy (non-hydrogen) atoms. The fourth-order valence-corrected chi connectivity index (χ4v) is 2.80. The van der Waals surface area contributed by atoms with Gasteiger partial charge >= 0.3 is 5.97 Å². The van der Waals surface area contributed by atoms with Crippen molar-refractivity contribution in [1.29, 1.82) is 0 Å². The van der Waals surface area contributed by atoms with Gasteiger partial charge in [-0.25, -0.2) is 9.97 Å². The fraction of sp³-hybridized carbons (Fsp3) is 0.143. The van der Waals surface area contributed by atoms with Crippen LogP contribution in [0.1, 0.15) is 28.8 Å². The second-order valence-corrected chi connectivity index (χ2v) is 6.27. The monoisotopic (exact) mass is 376 g/mol. The Kier molecular flexibility index (Phi) is 5.96. The number of carbonyl (C=O) groups excluding carboxylic acids is 1. The Balaban J connectivity index is 1.88. The lowest BCUT2D eigenvalue weighted by atomic mass is 9.99. The molecule has 1 aromatic heterocycles. The topological polar surface area (TPSA) is 118 Å². The number of benzene rings is 2. The summed E-state index contributed by atoms with van der Waals surface area (Å²) in [4.78, 5) is 31.1. The van der Waals surface area contributed by atoms with Gasteiger partial charge in [0.2, 0.25) is 5.95 Å². The molecule has 0 atom stereocenters. The molecule has 2 aromatic carbocycles. The van der Waals surface area contributed by atoms with Gasteiger partial charge in [0.25, 0.3) is 5.91 Å². The van der Waals surface area contributed by atoms with Gasteiger partial charge in [-0.15, -0.1) is 0 Å². The van der Waals surface area contributed by atoms with E-state index in [1.165, 1.54) is 12.4 Å². The Morgan fingerprint density at radius 2 is 1.71 bits per heavy atom. The van der Waals surface area contributed by atoms with Gasteiger partial charge in [0, 0.05) is 24.5 Å². The van der Waals surface area contributed by atoms with Crippen molar-refractivity contribution in [1.82, 2.24) is 9.97 Å². The third-order valence-electron chi connectivity index (χ3n) is 4.24. The molecule has 142 valence electrons. The lowest BCUT2D eigenvalue weighted by Gasteiger charge is -2.13. The number of aliphatic carboxylic acids is 1. The molecule has 4 N–H and O–H groups in total. The Morgan fingerprint density at radius 3 is 2.39 bits per heavy atom. The van der Waals surface area contributed by atoms with Gasteiger partial charge in [-0.1, -0.05) is 42.5 Å². The molecule has 0 aliphatic heterocycles. The maximum absolute atomic E-state index is 12.6. The summed E-state index contributed by atoms with van der Waals surface area (Å²) in [5.41, 5.74) is 9.22. The van der Waals surface area contributed by atoms with Crippen LogP contribution in [0.3, 0.4) is 0 Å². The number of rotatable bonds is 7. The molecule has 0 aliphatic carbocycles. The Labute approximate surface area is 162 Å². The number of aryl methyl sites for hydroxylation is 1. The van der Waals surface area contributed by atoms with Crippen molar-refractivity contribution in [2.45, 2.75) is 19.3 Å². The predicted molar refractivity (Wildman–Crippen MR) is 107 cm³/mol. The van der Waals surface area contributed by atoms with Crippen LogP contribution >= 0.6 is 0 Å². The van der Waals surface area contributed by atoms with Crippen LogP contribution in [0.4, 0.5) is 11.6 Å². The van der Waals surface area contributed by atoms with Crippen LogP contribution in [0.15, 0.2) is 60.9 Å².